The van der Waals surface area contributed by atoms with Gasteiger partial charge in [0.05, 0.1) is 0 Å². The molecule has 0 aliphatic carbocycles. The van der Waals surface area contributed by atoms with Crippen molar-refractivity contribution < 1.29 is 23.7 Å². The van der Waals surface area contributed by atoms with Crippen LogP contribution in [0.15, 0.2) is 48.5 Å². The van der Waals surface area contributed by atoms with Crippen molar-refractivity contribution in [3.8, 4) is 17.2 Å². The van der Waals surface area contributed by atoms with Crippen LogP contribution in [0.25, 0.3) is 0 Å². The summed E-state index contributed by atoms with van der Waals surface area (Å²) in [5.74, 6) is 1.69. The van der Waals surface area contributed by atoms with E-state index in [2.05, 4.69) is 5.32 Å². The van der Waals surface area contributed by atoms with E-state index in [1.54, 1.807) is 12.1 Å². The SMILES string of the molecule is CC(=O)NC(Oc1ccc2c(c1)OCO2)(c1ccccc1)C1CCCO1. The van der Waals surface area contributed by atoms with Crippen LogP contribution in [0.3, 0.4) is 0 Å². The number of fused-ring (bicyclic) bond motifs is 1. The molecule has 6 heteroatoms. The lowest BCUT2D eigenvalue weighted by atomic mass is 9.94. The molecule has 6 nitrogen and oxygen atoms in total. The summed E-state index contributed by atoms with van der Waals surface area (Å²) in [5, 5.41) is 3.01. The molecule has 2 aliphatic heterocycles. The van der Waals surface area contributed by atoms with Crippen LogP contribution in [0.2, 0.25) is 0 Å². The molecule has 0 bridgehead atoms. The van der Waals surface area contributed by atoms with Gasteiger partial charge in [-0.05, 0) is 25.0 Å². The van der Waals surface area contributed by atoms with Crippen molar-refractivity contribution in [1.29, 1.82) is 0 Å². The van der Waals surface area contributed by atoms with Crippen molar-refractivity contribution >= 4 is 5.91 Å². The third-order valence-electron chi connectivity index (χ3n) is 4.57. The van der Waals surface area contributed by atoms with E-state index in [0.717, 1.165) is 18.4 Å². The molecule has 1 amide bonds. The molecule has 2 aromatic rings. The van der Waals surface area contributed by atoms with E-state index in [1.807, 2.05) is 36.4 Å². The minimum absolute atomic E-state index is 0.190. The highest BCUT2D eigenvalue weighted by Crippen LogP contribution is 2.40. The van der Waals surface area contributed by atoms with Crippen molar-refractivity contribution in [3.05, 3.63) is 54.1 Å². The number of carbonyl (C=O) groups excluding carboxylic acids is 1. The second-order valence-electron chi connectivity index (χ2n) is 6.40. The predicted molar refractivity (Wildman–Crippen MR) is 94.1 cm³/mol. The van der Waals surface area contributed by atoms with Crippen LogP contribution in [0, 0.1) is 0 Å². The fraction of sp³-hybridized carbons (Fsp3) is 0.350. The number of hydrogen-bond acceptors (Lipinski definition) is 5. The lowest BCUT2D eigenvalue weighted by Gasteiger charge is -2.39. The maximum absolute atomic E-state index is 12.1. The molecule has 2 aromatic carbocycles. The monoisotopic (exact) mass is 355 g/mol. The summed E-state index contributed by atoms with van der Waals surface area (Å²) in [6.45, 7) is 2.32. The van der Waals surface area contributed by atoms with Crippen LogP contribution < -0.4 is 19.5 Å². The Balaban J connectivity index is 1.77. The Bertz CT molecular complexity index is 788. The van der Waals surface area contributed by atoms with Crippen molar-refractivity contribution in [2.75, 3.05) is 13.4 Å². The highest BCUT2D eigenvalue weighted by atomic mass is 16.7. The van der Waals surface area contributed by atoms with Crippen LogP contribution in [0.4, 0.5) is 0 Å². The van der Waals surface area contributed by atoms with Crippen LogP contribution >= 0.6 is 0 Å². The van der Waals surface area contributed by atoms with E-state index in [0.29, 0.717) is 23.9 Å². The molecule has 0 radical (unpaired) electrons. The summed E-state index contributed by atoms with van der Waals surface area (Å²) in [6.07, 6.45) is 1.42. The molecule has 1 N–H and O–H groups in total. The van der Waals surface area contributed by atoms with Gasteiger partial charge in [0.1, 0.15) is 11.9 Å². The van der Waals surface area contributed by atoms with E-state index in [1.165, 1.54) is 6.92 Å². The first-order chi connectivity index (χ1) is 12.7. The molecule has 0 saturated carbocycles. The zero-order valence-electron chi connectivity index (χ0n) is 14.6. The summed E-state index contributed by atoms with van der Waals surface area (Å²) >= 11 is 0. The van der Waals surface area contributed by atoms with E-state index >= 15 is 0 Å². The lowest BCUT2D eigenvalue weighted by molar-refractivity contribution is -0.137. The summed E-state index contributed by atoms with van der Waals surface area (Å²) in [6, 6.07) is 15.0. The zero-order valence-corrected chi connectivity index (χ0v) is 14.6. The fourth-order valence-electron chi connectivity index (χ4n) is 3.46. The Hall–Kier alpha value is -2.73. The first kappa shape index (κ1) is 16.7. The van der Waals surface area contributed by atoms with Crippen molar-refractivity contribution in [1.82, 2.24) is 5.32 Å². The fourth-order valence-corrected chi connectivity index (χ4v) is 3.46. The van der Waals surface area contributed by atoms with Gasteiger partial charge in [0, 0.05) is 25.2 Å². The molecule has 4 rings (SSSR count). The van der Waals surface area contributed by atoms with Gasteiger partial charge >= 0.3 is 0 Å². The smallest absolute Gasteiger partial charge is 0.235 e. The second kappa shape index (κ2) is 6.88. The summed E-state index contributed by atoms with van der Waals surface area (Å²) in [7, 11) is 0. The molecule has 0 spiro atoms. The maximum atomic E-state index is 12.1. The first-order valence-corrected chi connectivity index (χ1v) is 8.72. The number of rotatable bonds is 5. The Morgan fingerprint density at radius 3 is 2.69 bits per heavy atom. The topological polar surface area (TPSA) is 66.0 Å². The van der Waals surface area contributed by atoms with E-state index in [-0.39, 0.29) is 18.8 Å². The Morgan fingerprint density at radius 1 is 1.15 bits per heavy atom. The molecule has 2 unspecified atom stereocenters. The normalized spacial score (nSPS) is 20.4. The van der Waals surface area contributed by atoms with Gasteiger partial charge in [-0.25, -0.2) is 0 Å². The van der Waals surface area contributed by atoms with E-state index in [9.17, 15) is 4.79 Å². The third kappa shape index (κ3) is 3.08. The Kier molecular flexibility index (Phi) is 4.42. The average molecular weight is 355 g/mol. The molecule has 0 aromatic heterocycles. The van der Waals surface area contributed by atoms with Crippen LogP contribution in [0.1, 0.15) is 25.3 Å². The molecular weight excluding hydrogens is 334 g/mol. The van der Waals surface area contributed by atoms with Gasteiger partial charge in [0.25, 0.3) is 0 Å². The van der Waals surface area contributed by atoms with E-state index < -0.39 is 5.72 Å². The van der Waals surface area contributed by atoms with Crippen molar-refractivity contribution in [3.63, 3.8) is 0 Å². The van der Waals surface area contributed by atoms with Gasteiger partial charge in [0.2, 0.25) is 18.4 Å². The molecule has 2 atom stereocenters. The number of carbonyl (C=O) groups is 1. The highest BCUT2D eigenvalue weighted by molar-refractivity contribution is 5.74. The number of hydrogen-bond donors (Lipinski definition) is 1. The number of nitrogens with one attached hydrogen (secondary N) is 1. The minimum Gasteiger partial charge on any atom is -0.461 e. The van der Waals surface area contributed by atoms with Crippen molar-refractivity contribution in [2.45, 2.75) is 31.6 Å². The zero-order chi connectivity index (χ0) is 18.0. The second-order valence-corrected chi connectivity index (χ2v) is 6.40. The van der Waals surface area contributed by atoms with Crippen LogP contribution in [0.5, 0.6) is 17.2 Å². The Labute approximate surface area is 152 Å². The maximum Gasteiger partial charge on any atom is 0.235 e. The van der Waals surface area contributed by atoms with E-state index in [4.69, 9.17) is 18.9 Å². The van der Waals surface area contributed by atoms with Gasteiger partial charge in [0.15, 0.2) is 11.5 Å². The number of benzene rings is 2. The third-order valence-corrected chi connectivity index (χ3v) is 4.57. The largest absolute Gasteiger partial charge is 0.461 e. The molecule has 2 heterocycles. The quantitative estimate of drug-likeness (QED) is 0.836. The Morgan fingerprint density at radius 2 is 1.96 bits per heavy atom. The van der Waals surface area contributed by atoms with Crippen molar-refractivity contribution in [2.24, 2.45) is 0 Å². The molecule has 26 heavy (non-hydrogen) atoms. The number of amides is 1. The molecule has 136 valence electrons. The minimum atomic E-state index is -1.11. The highest BCUT2D eigenvalue weighted by Gasteiger charge is 2.46. The summed E-state index contributed by atoms with van der Waals surface area (Å²) < 4.78 is 23.2. The lowest BCUT2D eigenvalue weighted by Crippen LogP contribution is -2.57. The number of ether oxygens (including phenoxy) is 4. The van der Waals surface area contributed by atoms with Crippen LogP contribution in [-0.4, -0.2) is 25.4 Å². The molecule has 1 saturated heterocycles. The van der Waals surface area contributed by atoms with Gasteiger partial charge in [-0.2, -0.15) is 0 Å². The van der Waals surface area contributed by atoms with Gasteiger partial charge in [-0.15, -0.1) is 0 Å². The average Bonchev–Trinajstić information content (AvgIpc) is 3.33. The predicted octanol–water partition coefficient (Wildman–Crippen LogP) is 2.96. The molecule has 2 aliphatic rings. The standard InChI is InChI=1S/C20H21NO5/c1-14(22)21-20(19-8-5-11-23-19,15-6-3-2-4-7-15)26-16-9-10-17-18(12-16)25-13-24-17/h2-4,6-7,9-10,12,19H,5,8,11,13H2,1H3,(H,21,22). The van der Waals surface area contributed by atoms with Gasteiger partial charge in [-0.1, -0.05) is 30.3 Å². The van der Waals surface area contributed by atoms with Gasteiger partial charge < -0.3 is 24.3 Å². The van der Waals surface area contributed by atoms with Gasteiger partial charge in [-0.3, -0.25) is 4.79 Å². The summed E-state index contributed by atoms with van der Waals surface area (Å²) in [4.78, 5) is 12.1. The molecule has 1 fully saturated rings. The van der Waals surface area contributed by atoms with Crippen LogP contribution in [-0.2, 0) is 15.3 Å². The summed E-state index contributed by atoms with van der Waals surface area (Å²) in [5.41, 5.74) is -0.281. The first-order valence-electron chi connectivity index (χ1n) is 8.72. The molecular formula is C20H21NO5.